The van der Waals surface area contributed by atoms with Crippen molar-refractivity contribution in [3.63, 3.8) is 0 Å². The fraction of sp³-hybridized carbons (Fsp3) is 0.455. The van der Waals surface area contributed by atoms with Crippen LogP contribution >= 0.6 is 12.4 Å². The van der Waals surface area contributed by atoms with E-state index in [9.17, 15) is 9.59 Å². The van der Waals surface area contributed by atoms with Gasteiger partial charge in [0.2, 0.25) is 11.8 Å². The van der Waals surface area contributed by atoms with E-state index in [2.05, 4.69) is 35.6 Å². The standard InChI is InChI=1S/C22H27N3O2.ClH/c26-21(10-8-17-7-9-18-4-1-2-5-19(18)14-17)24-12-3-6-20(16-24)25-13-11-23-15-22(25)27;/h1-2,4-5,7,9,14,20,23H,3,6,8,10-13,15-16H2;1H. The lowest BCUT2D eigenvalue weighted by Gasteiger charge is -2.41. The molecule has 0 aromatic heterocycles. The van der Waals surface area contributed by atoms with Gasteiger partial charge in [0.05, 0.1) is 6.54 Å². The molecule has 2 aliphatic heterocycles. The average Bonchev–Trinajstić information content (AvgIpc) is 2.72. The minimum atomic E-state index is 0. The number of fused-ring (bicyclic) bond motifs is 1. The second-order valence-corrected chi connectivity index (χ2v) is 7.58. The molecule has 2 aromatic carbocycles. The maximum absolute atomic E-state index is 12.8. The van der Waals surface area contributed by atoms with Gasteiger partial charge in [0.25, 0.3) is 0 Å². The highest BCUT2D eigenvalue weighted by Gasteiger charge is 2.31. The lowest BCUT2D eigenvalue weighted by atomic mass is 10.0. The number of likely N-dealkylation sites (tertiary alicyclic amines) is 1. The molecule has 0 spiro atoms. The van der Waals surface area contributed by atoms with Crippen molar-refractivity contribution in [2.45, 2.75) is 31.7 Å². The van der Waals surface area contributed by atoms with Crippen LogP contribution in [-0.4, -0.2) is 60.4 Å². The van der Waals surface area contributed by atoms with Crippen LogP contribution in [0.3, 0.4) is 0 Å². The first-order valence-electron chi connectivity index (χ1n) is 9.96. The number of carbonyl (C=O) groups excluding carboxylic acids is 2. The number of aryl methyl sites for hydroxylation is 1. The normalized spacial score (nSPS) is 20.1. The van der Waals surface area contributed by atoms with Crippen molar-refractivity contribution in [1.29, 1.82) is 0 Å². The monoisotopic (exact) mass is 401 g/mol. The number of nitrogens with one attached hydrogen (secondary N) is 1. The molecule has 28 heavy (non-hydrogen) atoms. The van der Waals surface area contributed by atoms with Gasteiger partial charge in [-0.2, -0.15) is 0 Å². The van der Waals surface area contributed by atoms with Crippen molar-refractivity contribution < 1.29 is 9.59 Å². The van der Waals surface area contributed by atoms with Crippen LogP contribution in [0.5, 0.6) is 0 Å². The van der Waals surface area contributed by atoms with Gasteiger partial charge in [0.15, 0.2) is 0 Å². The minimum Gasteiger partial charge on any atom is -0.341 e. The van der Waals surface area contributed by atoms with Crippen molar-refractivity contribution in [2.75, 3.05) is 32.7 Å². The third-order valence-corrected chi connectivity index (χ3v) is 5.76. The van der Waals surface area contributed by atoms with E-state index >= 15 is 0 Å². The predicted molar refractivity (Wildman–Crippen MR) is 114 cm³/mol. The second kappa shape index (κ2) is 9.39. The third kappa shape index (κ3) is 4.65. The van der Waals surface area contributed by atoms with Gasteiger partial charge in [-0.05, 0) is 35.6 Å². The van der Waals surface area contributed by atoms with E-state index in [0.717, 1.165) is 38.9 Å². The topological polar surface area (TPSA) is 52.7 Å². The van der Waals surface area contributed by atoms with Crippen molar-refractivity contribution in [1.82, 2.24) is 15.1 Å². The molecule has 4 rings (SSSR count). The molecule has 2 amide bonds. The van der Waals surface area contributed by atoms with Crippen molar-refractivity contribution >= 4 is 35.0 Å². The molecule has 0 saturated carbocycles. The number of nitrogens with zero attached hydrogens (tertiary/aromatic N) is 2. The Kier molecular flexibility index (Phi) is 6.92. The van der Waals surface area contributed by atoms with Crippen molar-refractivity contribution in [2.24, 2.45) is 0 Å². The van der Waals surface area contributed by atoms with Crippen LogP contribution < -0.4 is 5.32 Å². The highest BCUT2D eigenvalue weighted by molar-refractivity contribution is 5.85. The molecule has 6 heteroatoms. The number of piperidine rings is 1. The summed E-state index contributed by atoms with van der Waals surface area (Å²) in [6, 6.07) is 14.9. The smallest absolute Gasteiger partial charge is 0.236 e. The number of benzene rings is 2. The Labute approximate surface area is 172 Å². The first-order chi connectivity index (χ1) is 13.2. The van der Waals surface area contributed by atoms with Crippen LogP contribution in [0.1, 0.15) is 24.8 Å². The lowest BCUT2D eigenvalue weighted by Crippen LogP contribution is -2.57. The SMILES string of the molecule is Cl.O=C(CCc1ccc2ccccc2c1)N1CCCC(N2CCNCC2=O)C1. The molecule has 2 saturated heterocycles. The summed E-state index contributed by atoms with van der Waals surface area (Å²) in [7, 11) is 0. The summed E-state index contributed by atoms with van der Waals surface area (Å²) in [5.74, 6) is 0.368. The largest absolute Gasteiger partial charge is 0.341 e. The van der Waals surface area contributed by atoms with Gasteiger partial charge >= 0.3 is 0 Å². The molecule has 1 atom stereocenters. The number of hydrogen-bond donors (Lipinski definition) is 1. The highest BCUT2D eigenvalue weighted by atomic mass is 35.5. The lowest BCUT2D eigenvalue weighted by molar-refractivity contribution is -0.140. The van der Waals surface area contributed by atoms with Crippen LogP contribution in [0, 0.1) is 0 Å². The Morgan fingerprint density at radius 1 is 1.11 bits per heavy atom. The summed E-state index contributed by atoms with van der Waals surface area (Å²) in [6.45, 7) is 3.52. The molecule has 0 aliphatic carbocycles. The van der Waals surface area contributed by atoms with Crippen LogP contribution in [0.25, 0.3) is 10.8 Å². The highest BCUT2D eigenvalue weighted by Crippen LogP contribution is 2.20. The van der Waals surface area contributed by atoms with Crippen LogP contribution in [-0.2, 0) is 16.0 Å². The predicted octanol–water partition coefficient (Wildman–Crippen LogP) is 2.62. The van der Waals surface area contributed by atoms with Gasteiger partial charge in [0, 0.05) is 38.6 Å². The maximum atomic E-state index is 12.8. The van der Waals surface area contributed by atoms with E-state index in [1.165, 1.54) is 16.3 Å². The molecule has 5 nitrogen and oxygen atoms in total. The number of rotatable bonds is 4. The van der Waals surface area contributed by atoms with E-state index < -0.39 is 0 Å². The number of halogens is 1. The number of carbonyl (C=O) groups is 2. The van der Waals surface area contributed by atoms with E-state index in [4.69, 9.17) is 0 Å². The van der Waals surface area contributed by atoms with Gasteiger partial charge in [0.1, 0.15) is 0 Å². The molecule has 1 unspecified atom stereocenters. The summed E-state index contributed by atoms with van der Waals surface area (Å²) in [5.41, 5.74) is 1.20. The molecule has 2 aliphatic rings. The van der Waals surface area contributed by atoms with Gasteiger partial charge in [-0.25, -0.2) is 0 Å². The quantitative estimate of drug-likeness (QED) is 0.856. The first-order valence-corrected chi connectivity index (χ1v) is 9.96. The summed E-state index contributed by atoms with van der Waals surface area (Å²) < 4.78 is 0. The zero-order valence-corrected chi connectivity index (χ0v) is 16.9. The van der Waals surface area contributed by atoms with Crippen LogP contribution in [0.4, 0.5) is 0 Å². The summed E-state index contributed by atoms with van der Waals surface area (Å²) in [6.07, 6.45) is 3.27. The zero-order chi connectivity index (χ0) is 18.6. The molecule has 0 radical (unpaired) electrons. The fourth-order valence-electron chi connectivity index (χ4n) is 4.25. The summed E-state index contributed by atoms with van der Waals surface area (Å²) in [4.78, 5) is 28.8. The zero-order valence-electron chi connectivity index (χ0n) is 16.1. The van der Waals surface area contributed by atoms with Crippen LogP contribution in [0.2, 0.25) is 0 Å². The summed E-state index contributed by atoms with van der Waals surface area (Å²) >= 11 is 0. The summed E-state index contributed by atoms with van der Waals surface area (Å²) in [5, 5.41) is 5.57. The second-order valence-electron chi connectivity index (χ2n) is 7.58. The molecule has 1 N–H and O–H groups in total. The van der Waals surface area contributed by atoms with Crippen LogP contribution in [0.15, 0.2) is 42.5 Å². The molecule has 2 fully saturated rings. The van der Waals surface area contributed by atoms with Crippen molar-refractivity contribution in [3.05, 3.63) is 48.0 Å². The number of piperazine rings is 1. The van der Waals surface area contributed by atoms with E-state index in [0.29, 0.717) is 19.5 Å². The van der Waals surface area contributed by atoms with Gasteiger partial charge in [-0.3, -0.25) is 9.59 Å². The Morgan fingerprint density at radius 3 is 2.75 bits per heavy atom. The Bertz CT molecular complexity index is 841. The average molecular weight is 402 g/mol. The maximum Gasteiger partial charge on any atom is 0.236 e. The van der Waals surface area contributed by atoms with E-state index in [1.54, 1.807) is 0 Å². The third-order valence-electron chi connectivity index (χ3n) is 5.76. The first kappa shape index (κ1) is 20.6. The Balaban J connectivity index is 0.00000225. The molecular formula is C22H28ClN3O2. The molecule has 0 bridgehead atoms. The van der Waals surface area contributed by atoms with Crippen molar-refractivity contribution in [3.8, 4) is 0 Å². The molecule has 150 valence electrons. The minimum absolute atomic E-state index is 0. The van der Waals surface area contributed by atoms with Gasteiger partial charge in [-0.1, -0.05) is 42.5 Å². The Morgan fingerprint density at radius 2 is 1.93 bits per heavy atom. The molecule has 2 aromatic rings. The number of amides is 2. The van der Waals surface area contributed by atoms with Gasteiger partial charge < -0.3 is 15.1 Å². The fourth-order valence-corrected chi connectivity index (χ4v) is 4.25. The number of hydrogen-bond acceptors (Lipinski definition) is 3. The van der Waals surface area contributed by atoms with E-state index in [-0.39, 0.29) is 30.3 Å². The molecular weight excluding hydrogens is 374 g/mol. The van der Waals surface area contributed by atoms with E-state index in [1.807, 2.05) is 21.9 Å². The Hall–Kier alpha value is -2.11. The van der Waals surface area contributed by atoms with Gasteiger partial charge in [-0.15, -0.1) is 12.4 Å². The molecule has 2 heterocycles.